The van der Waals surface area contributed by atoms with Crippen molar-refractivity contribution in [2.45, 2.75) is 12.5 Å². The van der Waals surface area contributed by atoms with Gasteiger partial charge >= 0.3 is 6.03 Å². The third kappa shape index (κ3) is 2.71. The molecule has 0 saturated carbocycles. The summed E-state index contributed by atoms with van der Waals surface area (Å²) in [5, 5.41) is 3.84. The van der Waals surface area contributed by atoms with E-state index in [1.165, 1.54) is 6.07 Å². The minimum Gasteiger partial charge on any atom is -0.321 e. The molecule has 1 saturated heterocycles. The van der Waals surface area contributed by atoms with Crippen LogP contribution in [0, 0.1) is 0 Å². The molecule has 1 fully saturated rings. The monoisotopic (exact) mass is 376 g/mol. The SMILES string of the molecule is CC1(c2ccccc2)NC(=O)N(NC(=O)c2cc3ccccc3[nH]c2=O)C1=O. The maximum Gasteiger partial charge on any atom is 0.344 e. The van der Waals surface area contributed by atoms with Gasteiger partial charge in [0.2, 0.25) is 0 Å². The number of pyridine rings is 1. The second-order valence-electron chi connectivity index (χ2n) is 6.60. The van der Waals surface area contributed by atoms with Crippen LogP contribution in [0.25, 0.3) is 10.9 Å². The molecular weight excluding hydrogens is 360 g/mol. The van der Waals surface area contributed by atoms with Gasteiger partial charge in [0, 0.05) is 5.52 Å². The first kappa shape index (κ1) is 17.5. The average molecular weight is 376 g/mol. The van der Waals surface area contributed by atoms with E-state index in [-0.39, 0.29) is 5.56 Å². The molecular formula is C20H16N4O4. The van der Waals surface area contributed by atoms with Crippen LogP contribution in [0.3, 0.4) is 0 Å². The summed E-state index contributed by atoms with van der Waals surface area (Å²) in [6.07, 6.45) is 0. The van der Waals surface area contributed by atoms with Crippen LogP contribution >= 0.6 is 0 Å². The van der Waals surface area contributed by atoms with Gasteiger partial charge in [-0.15, -0.1) is 0 Å². The van der Waals surface area contributed by atoms with Gasteiger partial charge in [0.15, 0.2) is 0 Å². The van der Waals surface area contributed by atoms with Crippen molar-refractivity contribution < 1.29 is 14.4 Å². The normalized spacial score (nSPS) is 19.0. The van der Waals surface area contributed by atoms with Gasteiger partial charge in [0.25, 0.3) is 17.4 Å². The number of carbonyl (C=O) groups excluding carboxylic acids is 3. The Labute approximate surface area is 159 Å². The van der Waals surface area contributed by atoms with Gasteiger partial charge in [-0.05, 0) is 30.0 Å². The molecule has 3 aromatic rings. The predicted molar refractivity (Wildman–Crippen MR) is 101 cm³/mol. The number of hydrazine groups is 1. The van der Waals surface area contributed by atoms with E-state index < -0.39 is 28.9 Å². The van der Waals surface area contributed by atoms with E-state index in [1.807, 2.05) is 0 Å². The summed E-state index contributed by atoms with van der Waals surface area (Å²) in [6.45, 7) is 1.55. The van der Waals surface area contributed by atoms with Crippen LogP contribution < -0.4 is 16.3 Å². The number of para-hydroxylation sites is 1. The van der Waals surface area contributed by atoms with Gasteiger partial charge in [-0.1, -0.05) is 48.5 Å². The lowest BCUT2D eigenvalue weighted by Gasteiger charge is -2.22. The fraction of sp³-hybridized carbons (Fsp3) is 0.100. The van der Waals surface area contributed by atoms with Crippen molar-refractivity contribution in [3.05, 3.63) is 82.1 Å². The van der Waals surface area contributed by atoms with Crippen LogP contribution in [-0.2, 0) is 10.3 Å². The molecule has 1 unspecified atom stereocenters. The summed E-state index contributed by atoms with van der Waals surface area (Å²) < 4.78 is 0. The highest BCUT2D eigenvalue weighted by molar-refractivity contribution is 6.09. The number of carbonyl (C=O) groups is 3. The second-order valence-corrected chi connectivity index (χ2v) is 6.60. The van der Waals surface area contributed by atoms with Crippen molar-refractivity contribution in [3.63, 3.8) is 0 Å². The van der Waals surface area contributed by atoms with E-state index in [0.29, 0.717) is 21.5 Å². The molecule has 1 atom stereocenters. The Morgan fingerprint density at radius 2 is 1.68 bits per heavy atom. The van der Waals surface area contributed by atoms with Gasteiger partial charge in [-0.25, -0.2) is 4.79 Å². The number of benzene rings is 2. The summed E-state index contributed by atoms with van der Waals surface area (Å²) in [5.41, 5.74) is 1.26. The van der Waals surface area contributed by atoms with Crippen LogP contribution in [0.1, 0.15) is 22.8 Å². The molecule has 8 nitrogen and oxygen atoms in total. The maximum absolute atomic E-state index is 12.8. The molecule has 28 heavy (non-hydrogen) atoms. The molecule has 2 heterocycles. The van der Waals surface area contributed by atoms with Gasteiger partial charge in [-0.3, -0.25) is 19.8 Å². The van der Waals surface area contributed by atoms with Crippen molar-refractivity contribution >= 4 is 28.7 Å². The Morgan fingerprint density at radius 3 is 2.43 bits per heavy atom. The Balaban J connectivity index is 1.63. The van der Waals surface area contributed by atoms with Gasteiger partial charge in [0.1, 0.15) is 11.1 Å². The molecule has 0 radical (unpaired) electrons. The highest BCUT2D eigenvalue weighted by Gasteiger charge is 2.50. The Morgan fingerprint density at radius 1 is 1.00 bits per heavy atom. The van der Waals surface area contributed by atoms with E-state index in [9.17, 15) is 19.2 Å². The number of urea groups is 1. The standard InChI is InChI=1S/C20H16N4O4/c1-20(13-8-3-2-4-9-13)18(27)24(19(28)22-20)23-17(26)14-11-12-7-5-6-10-15(12)21-16(14)25/h2-11H,1H3,(H,21,25)(H,22,28)(H,23,26). The number of aromatic nitrogens is 1. The number of aromatic amines is 1. The van der Waals surface area contributed by atoms with E-state index in [4.69, 9.17) is 0 Å². The van der Waals surface area contributed by atoms with E-state index in [1.54, 1.807) is 61.5 Å². The molecule has 0 aliphatic carbocycles. The van der Waals surface area contributed by atoms with Crippen LogP contribution in [0.5, 0.6) is 0 Å². The molecule has 4 rings (SSSR count). The zero-order valence-corrected chi connectivity index (χ0v) is 14.9. The second kappa shape index (κ2) is 6.34. The molecule has 8 heteroatoms. The largest absolute Gasteiger partial charge is 0.344 e. The summed E-state index contributed by atoms with van der Waals surface area (Å²) in [7, 11) is 0. The first-order chi connectivity index (χ1) is 13.4. The number of nitrogens with one attached hydrogen (secondary N) is 3. The zero-order valence-electron chi connectivity index (χ0n) is 14.9. The number of hydrogen-bond donors (Lipinski definition) is 3. The van der Waals surface area contributed by atoms with Crippen LogP contribution in [-0.4, -0.2) is 27.8 Å². The van der Waals surface area contributed by atoms with Crippen molar-refractivity contribution in [1.29, 1.82) is 0 Å². The number of rotatable bonds is 3. The predicted octanol–water partition coefficient (Wildman–Crippen LogP) is 1.64. The lowest BCUT2D eigenvalue weighted by molar-refractivity contribution is -0.132. The van der Waals surface area contributed by atoms with E-state index in [2.05, 4.69) is 15.7 Å². The summed E-state index contributed by atoms with van der Waals surface area (Å²) >= 11 is 0. The van der Waals surface area contributed by atoms with Gasteiger partial charge < -0.3 is 10.3 Å². The average Bonchev–Trinajstić information content (AvgIpc) is 2.92. The van der Waals surface area contributed by atoms with Gasteiger partial charge in [0.05, 0.1) is 0 Å². The van der Waals surface area contributed by atoms with Crippen molar-refractivity contribution in [3.8, 4) is 0 Å². The van der Waals surface area contributed by atoms with Crippen molar-refractivity contribution in [2.24, 2.45) is 0 Å². The molecule has 0 spiro atoms. The third-order valence-electron chi connectivity index (χ3n) is 4.75. The minimum absolute atomic E-state index is 0.201. The van der Waals surface area contributed by atoms with E-state index in [0.717, 1.165) is 0 Å². The molecule has 1 aliphatic heterocycles. The number of imide groups is 1. The number of nitrogens with zero attached hydrogens (tertiary/aromatic N) is 1. The summed E-state index contributed by atoms with van der Waals surface area (Å²) in [5.74, 6) is -1.50. The minimum atomic E-state index is -1.32. The van der Waals surface area contributed by atoms with Crippen LogP contribution in [0.15, 0.2) is 65.5 Å². The number of hydrogen-bond acceptors (Lipinski definition) is 4. The summed E-state index contributed by atoms with van der Waals surface area (Å²) in [4.78, 5) is 52.6. The lowest BCUT2D eigenvalue weighted by Crippen LogP contribution is -2.48. The number of H-pyrrole nitrogens is 1. The zero-order chi connectivity index (χ0) is 19.9. The fourth-order valence-corrected chi connectivity index (χ4v) is 3.19. The third-order valence-corrected chi connectivity index (χ3v) is 4.75. The van der Waals surface area contributed by atoms with Crippen molar-refractivity contribution in [1.82, 2.24) is 20.7 Å². The fourth-order valence-electron chi connectivity index (χ4n) is 3.19. The molecule has 2 aromatic carbocycles. The Bertz CT molecular complexity index is 1170. The molecule has 140 valence electrons. The maximum atomic E-state index is 12.8. The first-order valence-corrected chi connectivity index (χ1v) is 8.55. The Hall–Kier alpha value is -3.94. The highest BCUT2D eigenvalue weighted by atomic mass is 16.2. The van der Waals surface area contributed by atoms with Crippen molar-refractivity contribution in [2.75, 3.05) is 0 Å². The number of fused-ring (bicyclic) bond motifs is 1. The molecule has 3 N–H and O–H groups in total. The quantitative estimate of drug-likeness (QED) is 0.603. The topological polar surface area (TPSA) is 111 Å². The summed E-state index contributed by atoms with van der Waals surface area (Å²) in [6, 6.07) is 16.3. The smallest absolute Gasteiger partial charge is 0.321 e. The van der Waals surface area contributed by atoms with Crippen LogP contribution in [0.4, 0.5) is 4.79 Å². The molecule has 0 bridgehead atoms. The molecule has 1 aliphatic rings. The van der Waals surface area contributed by atoms with E-state index >= 15 is 0 Å². The molecule has 1 aromatic heterocycles. The Kier molecular flexibility index (Phi) is 3.96. The number of amides is 4. The molecule has 4 amide bonds. The first-order valence-electron chi connectivity index (χ1n) is 8.55. The van der Waals surface area contributed by atoms with Crippen LogP contribution in [0.2, 0.25) is 0 Å². The van der Waals surface area contributed by atoms with Gasteiger partial charge in [-0.2, -0.15) is 5.01 Å². The lowest BCUT2D eigenvalue weighted by atomic mass is 9.92. The highest BCUT2D eigenvalue weighted by Crippen LogP contribution is 2.27.